The summed E-state index contributed by atoms with van der Waals surface area (Å²) < 4.78 is 30.9. The molecule has 1 rings (SSSR count). The first kappa shape index (κ1) is 13.1. The average Bonchev–Trinajstić information content (AvgIpc) is 2.25. The number of halogens is 2. The summed E-state index contributed by atoms with van der Waals surface area (Å²) in [6, 6.07) is 3.19. The Labute approximate surface area is 93.9 Å². The third-order valence-electron chi connectivity index (χ3n) is 2.57. The van der Waals surface area contributed by atoms with Gasteiger partial charge in [0, 0.05) is 18.7 Å². The van der Waals surface area contributed by atoms with E-state index in [1.165, 1.54) is 6.07 Å². The number of aliphatic hydroxyl groups is 1. The highest BCUT2D eigenvalue weighted by molar-refractivity contribution is 5.20. The molecule has 1 N–H and O–H groups in total. The van der Waals surface area contributed by atoms with E-state index in [0.717, 1.165) is 12.1 Å². The number of aliphatic hydroxyl groups excluding tert-OH is 1. The van der Waals surface area contributed by atoms with E-state index in [-0.39, 0.29) is 11.7 Å². The number of methoxy groups -OCH3 is 1. The Morgan fingerprint density at radius 3 is 2.56 bits per heavy atom. The Morgan fingerprint density at radius 1 is 1.31 bits per heavy atom. The maximum absolute atomic E-state index is 13.3. The van der Waals surface area contributed by atoms with Crippen molar-refractivity contribution < 1.29 is 18.6 Å². The van der Waals surface area contributed by atoms with E-state index in [1.54, 1.807) is 7.11 Å². The van der Waals surface area contributed by atoms with Crippen LogP contribution in [0.5, 0.6) is 0 Å². The minimum absolute atomic E-state index is 0.0122. The molecule has 0 saturated carbocycles. The van der Waals surface area contributed by atoms with Gasteiger partial charge in [-0.2, -0.15) is 0 Å². The SMILES string of the molecule is COC(C)CCC(O)c1ccc(F)cc1F. The molecule has 0 aliphatic heterocycles. The Balaban J connectivity index is 2.62. The monoisotopic (exact) mass is 230 g/mol. The molecular weight excluding hydrogens is 214 g/mol. The third-order valence-corrected chi connectivity index (χ3v) is 2.57. The molecule has 0 amide bonds. The molecule has 0 bridgehead atoms. The summed E-state index contributed by atoms with van der Waals surface area (Å²) in [5, 5.41) is 9.72. The largest absolute Gasteiger partial charge is 0.388 e. The topological polar surface area (TPSA) is 29.5 Å². The lowest BCUT2D eigenvalue weighted by Crippen LogP contribution is -2.08. The zero-order chi connectivity index (χ0) is 12.1. The molecule has 0 aliphatic rings. The average molecular weight is 230 g/mol. The molecule has 0 saturated heterocycles. The highest BCUT2D eigenvalue weighted by Gasteiger charge is 2.14. The number of benzene rings is 1. The second-order valence-corrected chi connectivity index (χ2v) is 3.81. The predicted molar refractivity (Wildman–Crippen MR) is 57.0 cm³/mol. The minimum atomic E-state index is -0.918. The fourth-order valence-electron chi connectivity index (χ4n) is 1.44. The number of hydrogen-bond donors (Lipinski definition) is 1. The van der Waals surface area contributed by atoms with E-state index in [0.29, 0.717) is 12.8 Å². The van der Waals surface area contributed by atoms with Gasteiger partial charge >= 0.3 is 0 Å². The van der Waals surface area contributed by atoms with Gasteiger partial charge in [-0.05, 0) is 25.8 Å². The van der Waals surface area contributed by atoms with Crippen molar-refractivity contribution in [2.75, 3.05) is 7.11 Å². The van der Waals surface area contributed by atoms with Crippen LogP contribution in [-0.4, -0.2) is 18.3 Å². The number of hydrogen-bond acceptors (Lipinski definition) is 2. The van der Waals surface area contributed by atoms with Crippen molar-refractivity contribution in [2.45, 2.75) is 32.0 Å². The first-order chi connectivity index (χ1) is 7.54. The van der Waals surface area contributed by atoms with Gasteiger partial charge in [0.2, 0.25) is 0 Å². The van der Waals surface area contributed by atoms with E-state index < -0.39 is 17.7 Å². The molecule has 0 aromatic heterocycles. The van der Waals surface area contributed by atoms with Crippen LogP contribution in [0.1, 0.15) is 31.4 Å². The zero-order valence-electron chi connectivity index (χ0n) is 9.41. The predicted octanol–water partition coefficient (Wildman–Crippen LogP) is 2.81. The first-order valence-corrected chi connectivity index (χ1v) is 5.20. The van der Waals surface area contributed by atoms with E-state index in [1.807, 2.05) is 6.92 Å². The van der Waals surface area contributed by atoms with Gasteiger partial charge in [-0.15, -0.1) is 0 Å². The van der Waals surface area contributed by atoms with Crippen LogP contribution in [0.3, 0.4) is 0 Å². The van der Waals surface area contributed by atoms with Crippen molar-refractivity contribution in [2.24, 2.45) is 0 Å². The van der Waals surface area contributed by atoms with Crippen LogP contribution in [-0.2, 0) is 4.74 Å². The van der Waals surface area contributed by atoms with Crippen molar-refractivity contribution in [1.82, 2.24) is 0 Å². The molecule has 2 nitrogen and oxygen atoms in total. The lowest BCUT2D eigenvalue weighted by atomic mass is 10.0. The van der Waals surface area contributed by atoms with E-state index in [4.69, 9.17) is 4.74 Å². The first-order valence-electron chi connectivity index (χ1n) is 5.20. The van der Waals surface area contributed by atoms with Gasteiger partial charge in [0.25, 0.3) is 0 Å². The lowest BCUT2D eigenvalue weighted by molar-refractivity contribution is 0.0840. The van der Waals surface area contributed by atoms with E-state index >= 15 is 0 Å². The van der Waals surface area contributed by atoms with Crippen molar-refractivity contribution in [3.05, 3.63) is 35.4 Å². The molecule has 90 valence electrons. The summed E-state index contributed by atoms with van der Waals surface area (Å²) >= 11 is 0. The molecule has 0 fully saturated rings. The molecule has 1 aromatic rings. The van der Waals surface area contributed by atoms with Gasteiger partial charge in [-0.25, -0.2) is 8.78 Å². The molecule has 0 aliphatic carbocycles. The number of rotatable bonds is 5. The normalized spacial score (nSPS) is 14.8. The second kappa shape index (κ2) is 5.92. The van der Waals surface area contributed by atoms with Gasteiger partial charge in [-0.1, -0.05) is 6.07 Å². The van der Waals surface area contributed by atoms with Crippen LogP contribution in [0, 0.1) is 11.6 Å². The van der Waals surface area contributed by atoms with Gasteiger partial charge in [-0.3, -0.25) is 0 Å². The van der Waals surface area contributed by atoms with E-state index in [9.17, 15) is 13.9 Å². The highest BCUT2D eigenvalue weighted by Crippen LogP contribution is 2.22. The van der Waals surface area contributed by atoms with Crippen LogP contribution < -0.4 is 0 Å². The molecule has 0 spiro atoms. The Morgan fingerprint density at radius 2 is 2.00 bits per heavy atom. The summed E-state index contributed by atoms with van der Waals surface area (Å²) in [6.45, 7) is 1.87. The van der Waals surface area contributed by atoms with Crippen molar-refractivity contribution >= 4 is 0 Å². The maximum Gasteiger partial charge on any atom is 0.131 e. The lowest BCUT2D eigenvalue weighted by Gasteiger charge is -2.14. The smallest absolute Gasteiger partial charge is 0.131 e. The van der Waals surface area contributed by atoms with Gasteiger partial charge in [0.1, 0.15) is 11.6 Å². The quantitative estimate of drug-likeness (QED) is 0.842. The summed E-state index contributed by atoms with van der Waals surface area (Å²) in [5.74, 6) is -1.35. The van der Waals surface area contributed by atoms with E-state index in [2.05, 4.69) is 0 Å². The van der Waals surface area contributed by atoms with Crippen molar-refractivity contribution in [3.8, 4) is 0 Å². The fourth-order valence-corrected chi connectivity index (χ4v) is 1.44. The molecule has 0 heterocycles. The second-order valence-electron chi connectivity index (χ2n) is 3.81. The van der Waals surface area contributed by atoms with Gasteiger partial charge in [0.15, 0.2) is 0 Å². The van der Waals surface area contributed by atoms with Crippen LogP contribution in [0.25, 0.3) is 0 Å². The van der Waals surface area contributed by atoms with Crippen LogP contribution in [0.15, 0.2) is 18.2 Å². The molecule has 0 radical (unpaired) electrons. The Bertz CT molecular complexity index is 342. The highest BCUT2D eigenvalue weighted by atomic mass is 19.1. The van der Waals surface area contributed by atoms with Crippen LogP contribution >= 0.6 is 0 Å². The van der Waals surface area contributed by atoms with Gasteiger partial charge < -0.3 is 9.84 Å². The zero-order valence-corrected chi connectivity index (χ0v) is 9.41. The minimum Gasteiger partial charge on any atom is -0.388 e. The molecular formula is C12H16F2O2. The molecule has 2 atom stereocenters. The summed E-state index contributed by atoms with van der Waals surface area (Å²) in [7, 11) is 1.58. The summed E-state index contributed by atoms with van der Waals surface area (Å²) in [5.41, 5.74) is 0.129. The number of ether oxygens (including phenoxy) is 1. The molecule has 1 aromatic carbocycles. The fraction of sp³-hybridized carbons (Fsp3) is 0.500. The Hall–Kier alpha value is -1.00. The molecule has 16 heavy (non-hydrogen) atoms. The summed E-state index contributed by atoms with van der Waals surface area (Å²) in [6.07, 6.45) is 0.0998. The van der Waals surface area contributed by atoms with Crippen molar-refractivity contribution in [3.63, 3.8) is 0 Å². The molecule has 2 unspecified atom stereocenters. The molecule has 4 heteroatoms. The standard InChI is InChI=1S/C12H16F2O2/c1-8(16-2)3-6-12(15)10-5-4-9(13)7-11(10)14/h4-5,7-8,12,15H,3,6H2,1-2H3. The van der Waals surface area contributed by atoms with Crippen LogP contribution in [0.4, 0.5) is 8.78 Å². The third kappa shape index (κ3) is 3.54. The van der Waals surface area contributed by atoms with Crippen LogP contribution in [0.2, 0.25) is 0 Å². The van der Waals surface area contributed by atoms with Crippen molar-refractivity contribution in [1.29, 1.82) is 0 Å². The van der Waals surface area contributed by atoms with Gasteiger partial charge in [0.05, 0.1) is 12.2 Å². The summed E-state index contributed by atoms with van der Waals surface area (Å²) in [4.78, 5) is 0. The Kier molecular flexibility index (Phi) is 4.83. The maximum atomic E-state index is 13.3.